The van der Waals surface area contributed by atoms with Crippen molar-refractivity contribution in [2.24, 2.45) is 23.0 Å². The second-order valence-corrected chi connectivity index (χ2v) is 6.68. The number of hydrogen-bond acceptors (Lipinski definition) is 3. The number of nitrogens with one attached hydrogen (secondary N) is 1. The summed E-state index contributed by atoms with van der Waals surface area (Å²) in [6.45, 7) is 10.2. The summed E-state index contributed by atoms with van der Waals surface area (Å²) >= 11 is 0. The number of carboxylic acids is 1. The molecule has 0 aliphatic rings. The van der Waals surface area contributed by atoms with Crippen molar-refractivity contribution in [3.63, 3.8) is 0 Å². The first-order chi connectivity index (χ1) is 8.54. The summed E-state index contributed by atoms with van der Waals surface area (Å²) in [5.74, 6) is -0.696. The van der Waals surface area contributed by atoms with Crippen LogP contribution in [-0.4, -0.2) is 29.6 Å². The highest BCUT2D eigenvalue weighted by atomic mass is 16.4. The minimum Gasteiger partial charge on any atom is -0.481 e. The molecular formula is C14H28N2O3. The Labute approximate surface area is 115 Å². The molecule has 0 saturated heterocycles. The molecule has 19 heavy (non-hydrogen) atoms. The molecule has 0 spiro atoms. The molecule has 0 saturated carbocycles. The van der Waals surface area contributed by atoms with Gasteiger partial charge in [0.25, 0.3) is 0 Å². The number of nitrogens with two attached hydrogens (primary N) is 1. The van der Waals surface area contributed by atoms with E-state index in [1.807, 2.05) is 34.6 Å². The van der Waals surface area contributed by atoms with Gasteiger partial charge in [-0.25, -0.2) is 0 Å². The Balaban J connectivity index is 4.38. The highest BCUT2D eigenvalue weighted by Crippen LogP contribution is 2.18. The van der Waals surface area contributed by atoms with E-state index in [0.717, 1.165) is 6.42 Å². The van der Waals surface area contributed by atoms with Gasteiger partial charge in [0, 0.05) is 13.0 Å². The Morgan fingerprint density at radius 3 is 2.16 bits per heavy atom. The van der Waals surface area contributed by atoms with Gasteiger partial charge in [-0.05, 0) is 23.7 Å². The van der Waals surface area contributed by atoms with Gasteiger partial charge < -0.3 is 16.2 Å². The lowest BCUT2D eigenvalue weighted by molar-refractivity contribution is -0.138. The minimum atomic E-state index is -0.833. The summed E-state index contributed by atoms with van der Waals surface area (Å²) < 4.78 is 0. The molecule has 5 nitrogen and oxygen atoms in total. The first kappa shape index (κ1) is 17.9. The average Bonchev–Trinajstić information content (AvgIpc) is 2.21. The predicted molar refractivity (Wildman–Crippen MR) is 75.6 cm³/mol. The third-order valence-electron chi connectivity index (χ3n) is 3.05. The third-order valence-corrected chi connectivity index (χ3v) is 3.05. The molecule has 0 aromatic carbocycles. The molecule has 0 aliphatic carbocycles. The van der Waals surface area contributed by atoms with Gasteiger partial charge in [-0.2, -0.15) is 0 Å². The Hall–Kier alpha value is -1.10. The van der Waals surface area contributed by atoms with Gasteiger partial charge in [0.05, 0.1) is 6.04 Å². The van der Waals surface area contributed by atoms with Crippen LogP contribution >= 0.6 is 0 Å². The van der Waals surface area contributed by atoms with E-state index in [4.69, 9.17) is 10.8 Å². The van der Waals surface area contributed by atoms with Gasteiger partial charge >= 0.3 is 5.97 Å². The van der Waals surface area contributed by atoms with E-state index in [9.17, 15) is 9.59 Å². The highest BCUT2D eigenvalue weighted by molar-refractivity contribution is 5.82. The number of hydrogen-bond donors (Lipinski definition) is 3. The molecule has 0 aliphatic heterocycles. The van der Waals surface area contributed by atoms with E-state index in [2.05, 4.69) is 5.32 Å². The van der Waals surface area contributed by atoms with E-state index in [1.165, 1.54) is 0 Å². The zero-order valence-electron chi connectivity index (χ0n) is 12.7. The van der Waals surface area contributed by atoms with Crippen LogP contribution in [0.4, 0.5) is 0 Å². The summed E-state index contributed by atoms with van der Waals surface area (Å²) in [4.78, 5) is 22.7. The Morgan fingerprint density at radius 1 is 1.26 bits per heavy atom. The van der Waals surface area contributed by atoms with Crippen molar-refractivity contribution in [2.45, 2.75) is 53.5 Å². The molecule has 0 radical (unpaired) electrons. The number of carboxylic acid groups (broad SMARTS) is 1. The zero-order chi connectivity index (χ0) is 15.2. The molecule has 5 heteroatoms. The zero-order valence-corrected chi connectivity index (χ0v) is 12.7. The maximum Gasteiger partial charge on any atom is 0.303 e. The molecule has 2 atom stereocenters. The van der Waals surface area contributed by atoms with Crippen LogP contribution in [0.1, 0.15) is 47.5 Å². The third kappa shape index (κ3) is 7.82. The lowest BCUT2D eigenvalue weighted by Crippen LogP contribution is -2.49. The molecule has 1 unspecified atom stereocenters. The average molecular weight is 272 g/mol. The van der Waals surface area contributed by atoms with Crippen LogP contribution in [0, 0.1) is 17.3 Å². The molecule has 0 bridgehead atoms. The van der Waals surface area contributed by atoms with Crippen molar-refractivity contribution < 1.29 is 14.7 Å². The van der Waals surface area contributed by atoms with E-state index in [0.29, 0.717) is 12.5 Å². The number of carbonyl (C=O) groups is 2. The normalized spacial score (nSPS) is 15.1. The standard InChI is InChI=1S/C14H28N2O3/c1-9(2)6-10(7-11(17)18)8-16-13(19)12(15)14(3,4)5/h9-10,12H,6-8,15H2,1-5H3,(H,16,19)(H,17,18)/t10?,12-/m0/s1. The summed E-state index contributed by atoms with van der Waals surface area (Å²) in [6, 6.07) is -0.586. The summed E-state index contributed by atoms with van der Waals surface area (Å²) in [5, 5.41) is 11.6. The van der Waals surface area contributed by atoms with Crippen LogP contribution in [0.25, 0.3) is 0 Å². The summed E-state index contributed by atoms with van der Waals surface area (Å²) in [6.07, 6.45) is 0.848. The van der Waals surface area contributed by atoms with Gasteiger partial charge in [-0.1, -0.05) is 34.6 Å². The summed E-state index contributed by atoms with van der Waals surface area (Å²) in [7, 11) is 0. The molecule has 112 valence electrons. The Kier molecular flexibility index (Phi) is 7.05. The number of carbonyl (C=O) groups excluding carboxylic acids is 1. The van der Waals surface area contributed by atoms with Crippen LogP contribution in [0.15, 0.2) is 0 Å². The first-order valence-corrected chi connectivity index (χ1v) is 6.79. The summed E-state index contributed by atoms with van der Waals surface area (Å²) in [5.41, 5.74) is 5.55. The number of aliphatic carboxylic acids is 1. The van der Waals surface area contributed by atoms with Crippen LogP contribution in [0.3, 0.4) is 0 Å². The molecular weight excluding hydrogens is 244 g/mol. The predicted octanol–water partition coefficient (Wildman–Crippen LogP) is 1.61. The second-order valence-electron chi connectivity index (χ2n) is 6.68. The Bertz CT molecular complexity index is 308. The maximum atomic E-state index is 11.9. The molecule has 0 aromatic rings. The van der Waals surface area contributed by atoms with Gasteiger partial charge in [-0.15, -0.1) is 0 Å². The minimum absolute atomic E-state index is 0.0476. The SMILES string of the molecule is CC(C)CC(CNC(=O)[C@H](N)C(C)(C)C)CC(=O)O. The van der Waals surface area contributed by atoms with Crippen molar-refractivity contribution in [3.8, 4) is 0 Å². The molecule has 0 fully saturated rings. The topological polar surface area (TPSA) is 92.4 Å². The van der Waals surface area contributed by atoms with Crippen molar-refractivity contribution in [1.29, 1.82) is 0 Å². The van der Waals surface area contributed by atoms with Crippen LogP contribution in [0.2, 0.25) is 0 Å². The lowest BCUT2D eigenvalue weighted by atomic mass is 9.86. The van der Waals surface area contributed by atoms with Gasteiger partial charge in [0.15, 0.2) is 0 Å². The van der Waals surface area contributed by atoms with E-state index >= 15 is 0 Å². The van der Waals surface area contributed by atoms with Crippen molar-refractivity contribution in [3.05, 3.63) is 0 Å². The molecule has 4 N–H and O–H groups in total. The van der Waals surface area contributed by atoms with E-state index < -0.39 is 12.0 Å². The monoisotopic (exact) mass is 272 g/mol. The van der Waals surface area contributed by atoms with Crippen LogP contribution in [0.5, 0.6) is 0 Å². The van der Waals surface area contributed by atoms with Gasteiger partial charge in [0.1, 0.15) is 0 Å². The highest BCUT2D eigenvalue weighted by Gasteiger charge is 2.27. The lowest BCUT2D eigenvalue weighted by Gasteiger charge is -2.27. The van der Waals surface area contributed by atoms with Crippen molar-refractivity contribution in [1.82, 2.24) is 5.32 Å². The molecule has 1 amide bonds. The largest absolute Gasteiger partial charge is 0.481 e. The molecule has 0 aromatic heterocycles. The van der Waals surface area contributed by atoms with Crippen LogP contribution < -0.4 is 11.1 Å². The fourth-order valence-electron chi connectivity index (χ4n) is 1.90. The molecule has 0 rings (SSSR count). The Morgan fingerprint density at radius 2 is 1.79 bits per heavy atom. The van der Waals surface area contributed by atoms with E-state index in [-0.39, 0.29) is 23.7 Å². The smallest absolute Gasteiger partial charge is 0.303 e. The first-order valence-electron chi connectivity index (χ1n) is 6.79. The quantitative estimate of drug-likeness (QED) is 0.656. The van der Waals surface area contributed by atoms with E-state index in [1.54, 1.807) is 0 Å². The van der Waals surface area contributed by atoms with Crippen LogP contribution in [-0.2, 0) is 9.59 Å². The van der Waals surface area contributed by atoms with Crippen molar-refractivity contribution >= 4 is 11.9 Å². The second kappa shape index (κ2) is 7.48. The molecule has 0 heterocycles. The van der Waals surface area contributed by atoms with Crippen molar-refractivity contribution in [2.75, 3.05) is 6.54 Å². The van der Waals surface area contributed by atoms with Gasteiger partial charge in [-0.3, -0.25) is 9.59 Å². The number of rotatable bonds is 7. The van der Waals surface area contributed by atoms with Gasteiger partial charge in [0.2, 0.25) is 5.91 Å². The number of amides is 1. The fourth-order valence-corrected chi connectivity index (χ4v) is 1.90. The maximum absolute atomic E-state index is 11.9. The fraction of sp³-hybridized carbons (Fsp3) is 0.857.